The number of aryl methyl sites for hydroxylation is 1. The summed E-state index contributed by atoms with van der Waals surface area (Å²) in [6.45, 7) is 1.09. The molecule has 0 saturated heterocycles. The molecule has 0 amide bonds. The second-order valence-electron chi connectivity index (χ2n) is 4.04. The fraction of sp³-hybridized carbons (Fsp3) is 0.467. The summed E-state index contributed by atoms with van der Waals surface area (Å²) in [7, 11) is 1.70. The SMILES string of the molecule is COC/C=C/CCCc1cccc(OCCO)c1. The van der Waals surface area contributed by atoms with E-state index in [4.69, 9.17) is 14.6 Å². The molecule has 0 aliphatic carbocycles. The molecule has 0 aliphatic heterocycles. The van der Waals surface area contributed by atoms with E-state index in [-0.39, 0.29) is 6.61 Å². The van der Waals surface area contributed by atoms with Gasteiger partial charge in [0.25, 0.3) is 0 Å². The van der Waals surface area contributed by atoms with Crippen LogP contribution in [-0.2, 0) is 11.2 Å². The highest BCUT2D eigenvalue weighted by molar-refractivity contribution is 5.28. The van der Waals surface area contributed by atoms with Gasteiger partial charge in [-0.3, -0.25) is 0 Å². The zero-order chi connectivity index (χ0) is 13.1. The normalized spacial score (nSPS) is 11.0. The van der Waals surface area contributed by atoms with Gasteiger partial charge in [0, 0.05) is 7.11 Å². The second kappa shape index (κ2) is 9.68. The Kier molecular flexibility index (Phi) is 7.93. The highest BCUT2D eigenvalue weighted by Crippen LogP contribution is 2.15. The van der Waals surface area contributed by atoms with Gasteiger partial charge in [-0.1, -0.05) is 24.3 Å². The first-order chi connectivity index (χ1) is 8.86. The quantitative estimate of drug-likeness (QED) is 0.541. The molecule has 18 heavy (non-hydrogen) atoms. The lowest BCUT2D eigenvalue weighted by molar-refractivity contribution is 0.201. The van der Waals surface area contributed by atoms with Crippen LogP contribution in [0.1, 0.15) is 18.4 Å². The minimum absolute atomic E-state index is 0.0501. The van der Waals surface area contributed by atoms with Crippen LogP contribution in [0.5, 0.6) is 5.75 Å². The summed E-state index contributed by atoms with van der Waals surface area (Å²) in [5.74, 6) is 0.830. The van der Waals surface area contributed by atoms with E-state index < -0.39 is 0 Å². The van der Waals surface area contributed by atoms with Crippen LogP contribution in [0.2, 0.25) is 0 Å². The summed E-state index contributed by atoms with van der Waals surface area (Å²) in [5.41, 5.74) is 1.27. The largest absolute Gasteiger partial charge is 0.491 e. The lowest BCUT2D eigenvalue weighted by Crippen LogP contribution is -2.01. The first-order valence-corrected chi connectivity index (χ1v) is 6.33. The highest BCUT2D eigenvalue weighted by Gasteiger charge is 1.96. The van der Waals surface area contributed by atoms with Crippen molar-refractivity contribution in [2.75, 3.05) is 26.9 Å². The fourth-order valence-electron chi connectivity index (χ4n) is 1.66. The monoisotopic (exact) mass is 250 g/mol. The highest BCUT2D eigenvalue weighted by atomic mass is 16.5. The third-order valence-electron chi connectivity index (χ3n) is 2.52. The Bertz CT molecular complexity index is 347. The summed E-state index contributed by atoms with van der Waals surface area (Å²) in [4.78, 5) is 0. The average molecular weight is 250 g/mol. The molecule has 3 heteroatoms. The maximum Gasteiger partial charge on any atom is 0.119 e. The van der Waals surface area contributed by atoms with Gasteiger partial charge < -0.3 is 14.6 Å². The van der Waals surface area contributed by atoms with Crippen molar-refractivity contribution in [3.63, 3.8) is 0 Å². The van der Waals surface area contributed by atoms with Crippen LogP contribution in [0.3, 0.4) is 0 Å². The molecule has 1 aromatic carbocycles. The van der Waals surface area contributed by atoms with Crippen LogP contribution in [0, 0.1) is 0 Å². The van der Waals surface area contributed by atoms with Crippen molar-refractivity contribution in [3.8, 4) is 5.75 Å². The number of methoxy groups -OCH3 is 1. The summed E-state index contributed by atoms with van der Waals surface area (Å²) in [6.07, 6.45) is 7.40. The summed E-state index contributed by atoms with van der Waals surface area (Å²) in [5, 5.41) is 8.70. The number of hydrogen-bond donors (Lipinski definition) is 1. The number of benzene rings is 1. The van der Waals surface area contributed by atoms with Gasteiger partial charge in [-0.05, 0) is 37.0 Å². The second-order valence-corrected chi connectivity index (χ2v) is 4.04. The van der Waals surface area contributed by atoms with E-state index >= 15 is 0 Å². The molecule has 3 nitrogen and oxygen atoms in total. The summed E-state index contributed by atoms with van der Waals surface area (Å²) in [6, 6.07) is 8.04. The minimum atomic E-state index is 0.0501. The molecule has 0 heterocycles. The number of hydrogen-bond acceptors (Lipinski definition) is 3. The summed E-state index contributed by atoms with van der Waals surface area (Å²) >= 11 is 0. The third-order valence-corrected chi connectivity index (χ3v) is 2.52. The van der Waals surface area contributed by atoms with Crippen molar-refractivity contribution < 1.29 is 14.6 Å². The number of aliphatic hydroxyl groups excluding tert-OH is 1. The first kappa shape index (κ1) is 14.7. The van der Waals surface area contributed by atoms with Gasteiger partial charge in [-0.2, -0.15) is 0 Å². The number of ether oxygens (including phenoxy) is 2. The van der Waals surface area contributed by atoms with Crippen molar-refractivity contribution in [2.45, 2.75) is 19.3 Å². The molecule has 0 aromatic heterocycles. The van der Waals surface area contributed by atoms with Crippen molar-refractivity contribution in [1.82, 2.24) is 0 Å². The predicted molar refractivity (Wildman–Crippen MR) is 73.0 cm³/mol. The van der Waals surface area contributed by atoms with Gasteiger partial charge in [0.1, 0.15) is 12.4 Å². The van der Waals surface area contributed by atoms with Crippen LogP contribution in [0.4, 0.5) is 0 Å². The van der Waals surface area contributed by atoms with Gasteiger partial charge in [0.05, 0.1) is 13.2 Å². The van der Waals surface area contributed by atoms with Crippen molar-refractivity contribution >= 4 is 0 Å². The molecule has 0 saturated carbocycles. The molecule has 0 unspecified atom stereocenters. The van der Waals surface area contributed by atoms with E-state index in [0.717, 1.165) is 25.0 Å². The Morgan fingerprint density at radius 1 is 1.28 bits per heavy atom. The maximum atomic E-state index is 8.70. The third kappa shape index (κ3) is 6.42. The van der Waals surface area contributed by atoms with Gasteiger partial charge in [0.2, 0.25) is 0 Å². The summed E-state index contributed by atoms with van der Waals surface area (Å²) < 4.78 is 10.3. The molecule has 0 bridgehead atoms. The van der Waals surface area contributed by atoms with Crippen LogP contribution in [0.15, 0.2) is 36.4 Å². The lowest BCUT2D eigenvalue weighted by Gasteiger charge is -2.06. The molecular formula is C15H22O3. The molecule has 1 N–H and O–H groups in total. The minimum Gasteiger partial charge on any atom is -0.491 e. The van der Waals surface area contributed by atoms with Crippen molar-refractivity contribution in [3.05, 3.63) is 42.0 Å². The number of rotatable bonds is 9. The van der Waals surface area contributed by atoms with Gasteiger partial charge in [-0.25, -0.2) is 0 Å². The fourth-order valence-corrected chi connectivity index (χ4v) is 1.66. The molecule has 0 spiro atoms. The predicted octanol–water partition coefficient (Wildman–Crippen LogP) is 2.58. The Labute approximate surface area is 109 Å². The van der Waals surface area contributed by atoms with Crippen LogP contribution >= 0.6 is 0 Å². The smallest absolute Gasteiger partial charge is 0.119 e. The van der Waals surface area contributed by atoms with Crippen LogP contribution in [-0.4, -0.2) is 32.0 Å². The Morgan fingerprint density at radius 3 is 2.94 bits per heavy atom. The van der Waals surface area contributed by atoms with E-state index in [1.807, 2.05) is 24.3 Å². The van der Waals surface area contributed by atoms with Gasteiger partial charge in [0.15, 0.2) is 0 Å². The molecule has 0 fully saturated rings. The lowest BCUT2D eigenvalue weighted by atomic mass is 10.1. The van der Waals surface area contributed by atoms with Crippen molar-refractivity contribution in [2.24, 2.45) is 0 Å². The van der Waals surface area contributed by atoms with Crippen LogP contribution in [0.25, 0.3) is 0 Å². The standard InChI is InChI=1S/C15H22O3/c1-17-11-5-3-2-4-7-14-8-6-9-15(13-14)18-12-10-16/h3,5-6,8-9,13,16H,2,4,7,10-12H2,1H3/b5-3+. The molecule has 1 aromatic rings. The van der Waals surface area contributed by atoms with E-state index in [1.54, 1.807) is 7.11 Å². The topological polar surface area (TPSA) is 38.7 Å². The molecular weight excluding hydrogens is 228 g/mol. The van der Waals surface area contributed by atoms with Gasteiger partial charge in [-0.15, -0.1) is 0 Å². The maximum absolute atomic E-state index is 8.70. The molecule has 1 rings (SSSR count). The van der Waals surface area contributed by atoms with E-state index in [2.05, 4.69) is 12.1 Å². The number of allylic oxidation sites excluding steroid dienone is 1. The number of aliphatic hydroxyl groups is 1. The van der Waals surface area contributed by atoms with E-state index in [1.165, 1.54) is 5.56 Å². The molecule has 100 valence electrons. The number of unbranched alkanes of at least 4 members (excludes halogenated alkanes) is 1. The van der Waals surface area contributed by atoms with E-state index in [9.17, 15) is 0 Å². The molecule has 0 aliphatic rings. The first-order valence-electron chi connectivity index (χ1n) is 6.33. The van der Waals surface area contributed by atoms with E-state index in [0.29, 0.717) is 13.2 Å². The van der Waals surface area contributed by atoms with Gasteiger partial charge >= 0.3 is 0 Å². The van der Waals surface area contributed by atoms with Crippen molar-refractivity contribution in [1.29, 1.82) is 0 Å². The zero-order valence-electron chi connectivity index (χ0n) is 11.0. The van der Waals surface area contributed by atoms with Crippen LogP contribution < -0.4 is 4.74 Å². The Balaban J connectivity index is 2.28. The zero-order valence-corrected chi connectivity index (χ0v) is 11.0. The Morgan fingerprint density at radius 2 is 2.17 bits per heavy atom. The molecule has 0 radical (unpaired) electrons. The Hall–Kier alpha value is -1.32. The molecule has 0 atom stereocenters. The average Bonchev–Trinajstić information content (AvgIpc) is 2.41.